The number of fused-ring (bicyclic) bond motifs is 2. The Labute approximate surface area is 286 Å². The first-order chi connectivity index (χ1) is 22.3. The largest absolute Gasteiger partial charge is 0.487 e. The molecule has 1 N–H and O–H groups in total. The number of pyridine rings is 1. The lowest BCUT2D eigenvalue weighted by atomic mass is 9.89. The van der Waals surface area contributed by atoms with E-state index in [1.807, 2.05) is 48.4 Å². The summed E-state index contributed by atoms with van der Waals surface area (Å²) in [7, 11) is 1.72. The van der Waals surface area contributed by atoms with E-state index in [1.54, 1.807) is 7.11 Å². The number of aryl methyl sites for hydroxylation is 2. The number of hydrogen-bond donors (Lipinski definition) is 1. The molecule has 244 valence electrons. The fourth-order valence-electron chi connectivity index (χ4n) is 6.50. The van der Waals surface area contributed by atoms with Gasteiger partial charge in [0, 0.05) is 61.2 Å². The van der Waals surface area contributed by atoms with Crippen LogP contribution in [0.4, 0.5) is 0 Å². The number of ether oxygens (including phenoxy) is 3. The van der Waals surface area contributed by atoms with Gasteiger partial charge in [0.25, 0.3) is 5.91 Å². The van der Waals surface area contributed by atoms with Gasteiger partial charge in [-0.05, 0) is 104 Å². The summed E-state index contributed by atoms with van der Waals surface area (Å²) in [6, 6.07) is 14.3. The number of rotatable bonds is 14. The average Bonchev–Trinajstić information content (AvgIpc) is 3.81. The molecule has 1 saturated heterocycles. The molecule has 2 fully saturated rings. The Morgan fingerprint density at radius 1 is 0.957 bits per heavy atom. The molecule has 46 heavy (non-hydrogen) atoms. The van der Waals surface area contributed by atoms with E-state index in [0.717, 1.165) is 72.8 Å². The van der Waals surface area contributed by atoms with Gasteiger partial charge < -0.3 is 24.4 Å². The molecule has 0 spiro atoms. The summed E-state index contributed by atoms with van der Waals surface area (Å²) in [6.07, 6.45) is 8.49. The van der Waals surface area contributed by atoms with E-state index in [9.17, 15) is 4.79 Å². The first-order valence-corrected chi connectivity index (χ1v) is 17.2. The first-order valence-electron chi connectivity index (χ1n) is 16.0. The molecule has 3 heterocycles. The number of nitrogens with zero attached hydrogens (tertiary/aromatic N) is 2. The van der Waals surface area contributed by atoms with Crippen molar-refractivity contribution in [3.63, 3.8) is 0 Å². The quantitative estimate of drug-likeness (QED) is 0.174. The van der Waals surface area contributed by atoms with Crippen LogP contribution in [0.25, 0.3) is 5.57 Å². The molecule has 7 nitrogen and oxygen atoms in total. The summed E-state index contributed by atoms with van der Waals surface area (Å²) in [5.41, 5.74) is 6.06. The molecule has 1 saturated carbocycles. The molecule has 0 radical (unpaired) electrons. The zero-order valence-electron chi connectivity index (χ0n) is 26.3. The lowest BCUT2D eigenvalue weighted by Gasteiger charge is -2.32. The number of carbonyl (C=O) groups excluding carboxylic acids is 1. The van der Waals surface area contributed by atoms with Crippen LogP contribution in [0.5, 0.6) is 11.6 Å². The molecule has 3 aromatic rings. The summed E-state index contributed by atoms with van der Waals surface area (Å²) in [5, 5.41) is 5.33. The van der Waals surface area contributed by atoms with Gasteiger partial charge in [0.2, 0.25) is 5.88 Å². The number of carbonyl (C=O) groups is 1. The number of halogens is 3. The molecular formula is C36H40Cl3N3O4. The molecule has 2 bridgehead atoms. The van der Waals surface area contributed by atoms with Gasteiger partial charge >= 0.3 is 0 Å². The molecule has 10 heteroatoms. The Kier molecular flexibility index (Phi) is 10.8. The first kappa shape index (κ1) is 33.1. The van der Waals surface area contributed by atoms with Crippen LogP contribution >= 0.6 is 34.8 Å². The lowest BCUT2D eigenvalue weighted by Crippen LogP contribution is -2.44. The van der Waals surface area contributed by atoms with E-state index < -0.39 is 0 Å². The summed E-state index contributed by atoms with van der Waals surface area (Å²) in [6.45, 7) is 3.68. The van der Waals surface area contributed by atoms with Crippen LogP contribution in [0, 0.1) is 6.92 Å². The van der Waals surface area contributed by atoms with Crippen LogP contribution in [0.15, 0.2) is 54.2 Å². The second kappa shape index (κ2) is 15.0. The van der Waals surface area contributed by atoms with E-state index in [-0.39, 0.29) is 31.2 Å². The predicted octanol–water partition coefficient (Wildman–Crippen LogP) is 7.86. The Bertz CT molecular complexity index is 1570. The smallest absolute Gasteiger partial charge is 0.252 e. The van der Waals surface area contributed by atoms with Gasteiger partial charge in [0.15, 0.2) is 5.75 Å². The second-order valence-electron chi connectivity index (χ2n) is 12.4. The highest BCUT2D eigenvalue weighted by Gasteiger charge is 2.42. The van der Waals surface area contributed by atoms with Crippen molar-refractivity contribution in [2.24, 2.45) is 0 Å². The Morgan fingerprint density at radius 2 is 1.74 bits per heavy atom. The Hall–Kier alpha value is -2.81. The maximum absolute atomic E-state index is 14.5. The van der Waals surface area contributed by atoms with Crippen LogP contribution in [0.3, 0.4) is 0 Å². The van der Waals surface area contributed by atoms with Gasteiger partial charge in [-0.2, -0.15) is 0 Å². The molecule has 3 aliphatic rings. The molecule has 2 aromatic carbocycles. The molecular weight excluding hydrogens is 645 g/mol. The van der Waals surface area contributed by atoms with Crippen LogP contribution < -0.4 is 14.8 Å². The van der Waals surface area contributed by atoms with Crippen molar-refractivity contribution in [3.8, 4) is 11.6 Å². The summed E-state index contributed by atoms with van der Waals surface area (Å²) < 4.78 is 16.9. The zero-order valence-corrected chi connectivity index (χ0v) is 28.6. The van der Waals surface area contributed by atoms with Gasteiger partial charge in [0.1, 0.15) is 13.2 Å². The average molecular weight is 685 g/mol. The van der Waals surface area contributed by atoms with Crippen LogP contribution in [0.2, 0.25) is 15.1 Å². The molecule has 1 aromatic heterocycles. The monoisotopic (exact) mass is 683 g/mol. The van der Waals surface area contributed by atoms with Crippen molar-refractivity contribution in [1.82, 2.24) is 15.2 Å². The fourth-order valence-corrected chi connectivity index (χ4v) is 7.38. The fraction of sp³-hybridized carbons (Fsp3) is 0.444. The van der Waals surface area contributed by atoms with Crippen molar-refractivity contribution in [2.45, 2.75) is 76.5 Å². The van der Waals surface area contributed by atoms with E-state index in [2.05, 4.69) is 22.4 Å². The highest BCUT2D eigenvalue weighted by atomic mass is 35.5. The molecule has 1 aliphatic carbocycles. The molecule has 0 unspecified atom stereocenters. The maximum atomic E-state index is 14.5. The van der Waals surface area contributed by atoms with Crippen LogP contribution in [-0.2, 0) is 22.5 Å². The summed E-state index contributed by atoms with van der Waals surface area (Å²) in [5.74, 6) is 1.03. The standard InChI is InChI=1S/C36H40Cl3N3O4/c1-22-16-30(38)35(31(39)17-22)46-15-14-45-33-12-6-24(20-40-33)28-19-26-7-11-32(41-26)34(28)36(43)42(27-8-9-27)21-25-18-23(4-3-13-44-2)5-10-29(25)37/h5-6,10,12,16-18,20,26-27,32,41H,3-4,7-9,11,13-15,19,21H2,1-2H3/t26-,32-/m0/s1. The van der Waals surface area contributed by atoms with Crippen molar-refractivity contribution in [3.05, 3.63) is 91.6 Å². The third-order valence-corrected chi connectivity index (χ3v) is 9.85. The second-order valence-corrected chi connectivity index (χ2v) is 13.6. The van der Waals surface area contributed by atoms with Crippen molar-refractivity contribution in [1.29, 1.82) is 0 Å². The van der Waals surface area contributed by atoms with Crippen molar-refractivity contribution in [2.75, 3.05) is 26.9 Å². The normalized spacial score (nSPS) is 19.0. The van der Waals surface area contributed by atoms with Gasteiger partial charge in [-0.25, -0.2) is 4.98 Å². The minimum atomic E-state index is 0.0341. The number of hydrogen-bond acceptors (Lipinski definition) is 6. The number of amides is 1. The van der Waals surface area contributed by atoms with Crippen molar-refractivity contribution >= 4 is 46.3 Å². The van der Waals surface area contributed by atoms with Gasteiger partial charge in [0.05, 0.1) is 10.0 Å². The number of benzene rings is 2. The highest BCUT2D eigenvalue weighted by Crippen LogP contribution is 2.40. The highest BCUT2D eigenvalue weighted by molar-refractivity contribution is 6.37. The number of methoxy groups -OCH3 is 1. The number of aromatic nitrogens is 1. The summed E-state index contributed by atoms with van der Waals surface area (Å²) >= 11 is 19.3. The van der Waals surface area contributed by atoms with Gasteiger partial charge in [-0.3, -0.25) is 4.79 Å². The lowest BCUT2D eigenvalue weighted by molar-refractivity contribution is -0.128. The predicted molar refractivity (Wildman–Crippen MR) is 183 cm³/mol. The van der Waals surface area contributed by atoms with E-state index in [4.69, 9.17) is 49.0 Å². The van der Waals surface area contributed by atoms with Gasteiger partial charge in [-0.1, -0.05) is 46.9 Å². The minimum Gasteiger partial charge on any atom is -0.487 e. The van der Waals surface area contributed by atoms with Crippen LogP contribution in [0.1, 0.15) is 60.8 Å². The van der Waals surface area contributed by atoms with E-state index >= 15 is 0 Å². The third kappa shape index (κ3) is 7.83. The topological polar surface area (TPSA) is 72.9 Å². The zero-order chi connectivity index (χ0) is 32.2. The minimum absolute atomic E-state index is 0.0341. The SMILES string of the molecule is COCCCc1ccc(Cl)c(CN(C(=O)C2=C(c3ccc(OCCOc4c(Cl)cc(C)cc4Cl)nc3)C[C@@H]3CC[C@@H]2N3)C2CC2)c1. The van der Waals surface area contributed by atoms with E-state index in [1.165, 1.54) is 5.56 Å². The molecule has 2 aliphatic heterocycles. The van der Waals surface area contributed by atoms with Gasteiger partial charge in [-0.15, -0.1) is 0 Å². The third-order valence-electron chi connectivity index (χ3n) is 8.92. The van der Waals surface area contributed by atoms with Crippen molar-refractivity contribution < 1.29 is 19.0 Å². The molecule has 1 amide bonds. The summed E-state index contributed by atoms with van der Waals surface area (Å²) in [4.78, 5) is 21.1. The van der Waals surface area contributed by atoms with E-state index in [0.29, 0.717) is 45.9 Å². The molecule has 2 atom stereocenters. The Balaban J connectivity index is 1.17. The molecule has 6 rings (SSSR count). The number of nitrogens with one attached hydrogen (secondary N) is 1. The Morgan fingerprint density at radius 3 is 2.46 bits per heavy atom. The maximum Gasteiger partial charge on any atom is 0.252 e. The van der Waals surface area contributed by atoms with Crippen LogP contribution in [-0.4, -0.2) is 60.8 Å².